The zero-order valence-corrected chi connectivity index (χ0v) is 20.4. The standard InChI is InChI=1S/C22H33N5O2Si/c1-14-12-23-26-13-16(9-19(28-6)21(14)26)20-15(2)27(25-24-20)17-10-18(11-17)29-30(7,8)22(3,4)5/h9,12-13,17-18H,10-11H2,1-8H3. The molecule has 3 aromatic heterocycles. The largest absolute Gasteiger partial charge is 0.494 e. The first kappa shape index (κ1) is 21.1. The molecule has 0 N–H and O–H groups in total. The lowest BCUT2D eigenvalue weighted by molar-refractivity contribution is 0.0511. The highest BCUT2D eigenvalue weighted by atomic mass is 28.4. The lowest BCUT2D eigenvalue weighted by atomic mass is 9.89. The third kappa shape index (κ3) is 3.45. The van der Waals surface area contributed by atoms with Crippen molar-refractivity contribution < 1.29 is 9.16 Å². The molecule has 30 heavy (non-hydrogen) atoms. The zero-order chi connectivity index (χ0) is 21.8. The molecule has 4 rings (SSSR count). The number of aromatic nitrogens is 5. The van der Waals surface area contributed by atoms with E-state index in [2.05, 4.69) is 60.9 Å². The van der Waals surface area contributed by atoms with Crippen molar-refractivity contribution >= 4 is 13.8 Å². The molecular formula is C22H33N5O2Si. The van der Waals surface area contributed by atoms with Gasteiger partial charge >= 0.3 is 0 Å². The summed E-state index contributed by atoms with van der Waals surface area (Å²) in [5.41, 5.74) is 4.96. The smallest absolute Gasteiger partial charge is 0.192 e. The fourth-order valence-corrected chi connectivity index (χ4v) is 5.28. The Kier molecular flexibility index (Phi) is 5.05. The van der Waals surface area contributed by atoms with Crippen molar-refractivity contribution in [3.8, 4) is 17.0 Å². The average Bonchev–Trinajstić information content (AvgIpc) is 3.19. The number of ether oxygens (including phenoxy) is 1. The van der Waals surface area contributed by atoms with Crippen LogP contribution in [0.2, 0.25) is 18.1 Å². The van der Waals surface area contributed by atoms with Crippen LogP contribution < -0.4 is 4.74 Å². The minimum absolute atomic E-state index is 0.233. The monoisotopic (exact) mass is 427 g/mol. The third-order valence-electron chi connectivity index (χ3n) is 6.86. The molecule has 3 heterocycles. The Morgan fingerprint density at radius 1 is 1.17 bits per heavy atom. The summed E-state index contributed by atoms with van der Waals surface area (Å²) in [6.07, 6.45) is 6.16. The van der Waals surface area contributed by atoms with Gasteiger partial charge in [0.15, 0.2) is 8.32 Å². The highest BCUT2D eigenvalue weighted by Crippen LogP contribution is 2.43. The second-order valence-corrected chi connectivity index (χ2v) is 14.8. The van der Waals surface area contributed by atoms with Gasteiger partial charge < -0.3 is 9.16 Å². The summed E-state index contributed by atoms with van der Waals surface area (Å²) in [5.74, 6) is 0.794. The van der Waals surface area contributed by atoms with Crippen molar-refractivity contribution in [2.75, 3.05) is 7.11 Å². The molecule has 0 unspecified atom stereocenters. The molecular weight excluding hydrogens is 394 g/mol. The van der Waals surface area contributed by atoms with Crippen LogP contribution in [0.3, 0.4) is 0 Å². The van der Waals surface area contributed by atoms with Crippen LogP contribution in [-0.4, -0.2) is 46.1 Å². The molecule has 0 bridgehead atoms. The maximum atomic E-state index is 6.55. The van der Waals surface area contributed by atoms with Crippen LogP contribution in [0, 0.1) is 13.8 Å². The Hall–Kier alpha value is -2.19. The number of hydrogen-bond donors (Lipinski definition) is 0. The van der Waals surface area contributed by atoms with E-state index in [4.69, 9.17) is 9.16 Å². The molecule has 1 fully saturated rings. The predicted molar refractivity (Wildman–Crippen MR) is 121 cm³/mol. The van der Waals surface area contributed by atoms with Gasteiger partial charge in [-0.05, 0) is 56.5 Å². The van der Waals surface area contributed by atoms with Gasteiger partial charge in [-0.3, -0.25) is 0 Å². The summed E-state index contributed by atoms with van der Waals surface area (Å²) in [6.45, 7) is 15.6. The molecule has 162 valence electrons. The van der Waals surface area contributed by atoms with Crippen LogP contribution >= 0.6 is 0 Å². The summed E-state index contributed by atoms with van der Waals surface area (Å²) in [5, 5.41) is 13.7. The van der Waals surface area contributed by atoms with Crippen LogP contribution in [-0.2, 0) is 4.43 Å². The molecule has 7 nitrogen and oxygen atoms in total. The maximum absolute atomic E-state index is 6.55. The van der Waals surface area contributed by atoms with E-state index >= 15 is 0 Å². The van der Waals surface area contributed by atoms with Crippen LogP contribution in [0.5, 0.6) is 5.75 Å². The van der Waals surface area contributed by atoms with Crippen LogP contribution in [0.4, 0.5) is 0 Å². The number of aryl methyl sites for hydroxylation is 1. The summed E-state index contributed by atoms with van der Waals surface area (Å²) in [6, 6.07) is 2.37. The molecule has 0 spiro atoms. The van der Waals surface area contributed by atoms with Crippen LogP contribution in [0.1, 0.15) is 50.9 Å². The first-order chi connectivity index (χ1) is 14.0. The minimum atomic E-state index is -1.73. The van der Waals surface area contributed by atoms with Gasteiger partial charge in [-0.2, -0.15) is 5.10 Å². The van der Waals surface area contributed by atoms with Crippen LogP contribution in [0.25, 0.3) is 16.8 Å². The van der Waals surface area contributed by atoms with E-state index in [1.165, 1.54) is 0 Å². The van der Waals surface area contributed by atoms with Gasteiger partial charge in [-0.15, -0.1) is 5.10 Å². The minimum Gasteiger partial charge on any atom is -0.494 e. The van der Waals surface area contributed by atoms with Crippen molar-refractivity contribution in [2.24, 2.45) is 0 Å². The molecule has 0 atom stereocenters. The summed E-state index contributed by atoms with van der Waals surface area (Å²) >= 11 is 0. The van der Waals surface area contributed by atoms with E-state index in [0.29, 0.717) is 12.1 Å². The van der Waals surface area contributed by atoms with Crippen molar-refractivity contribution in [1.82, 2.24) is 24.6 Å². The zero-order valence-electron chi connectivity index (χ0n) is 19.4. The fraction of sp³-hybridized carbons (Fsp3) is 0.591. The lowest BCUT2D eigenvalue weighted by Gasteiger charge is -2.44. The number of methoxy groups -OCH3 is 1. The van der Waals surface area contributed by atoms with E-state index in [9.17, 15) is 0 Å². The molecule has 1 aliphatic rings. The predicted octanol–water partition coefficient (Wildman–Crippen LogP) is 4.94. The van der Waals surface area contributed by atoms with Crippen LogP contribution in [0.15, 0.2) is 18.5 Å². The normalized spacial score (nSPS) is 19.9. The number of rotatable bonds is 5. The Labute approximate surface area is 179 Å². The van der Waals surface area contributed by atoms with E-state index < -0.39 is 8.32 Å². The number of pyridine rings is 1. The first-order valence-corrected chi connectivity index (χ1v) is 13.5. The quantitative estimate of drug-likeness (QED) is 0.539. The summed E-state index contributed by atoms with van der Waals surface area (Å²) in [7, 11) is -0.0462. The Morgan fingerprint density at radius 2 is 1.87 bits per heavy atom. The highest BCUT2D eigenvalue weighted by molar-refractivity contribution is 6.74. The van der Waals surface area contributed by atoms with Gasteiger partial charge in [0.25, 0.3) is 0 Å². The number of fused-ring (bicyclic) bond motifs is 1. The maximum Gasteiger partial charge on any atom is 0.192 e. The van der Waals surface area contributed by atoms with Gasteiger partial charge in [-0.1, -0.05) is 26.0 Å². The van der Waals surface area contributed by atoms with E-state index in [0.717, 1.165) is 46.6 Å². The second-order valence-electron chi connectivity index (χ2n) is 10.0. The second kappa shape index (κ2) is 7.20. The van der Waals surface area contributed by atoms with E-state index in [-0.39, 0.29) is 5.04 Å². The van der Waals surface area contributed by atoms with E-state index in [1.54, 1.807) is 7.11 Å². The molecule has 1 aliphatic carbocycles. The Morgan fingerprint density at radius 3 is 2.50 bits per heavy atom. The molecule has 1 saturated carbocycles. The Bertz CT molecular complexity index is 1070. The number of nitrogens with zero attached hydrogens (tertiary/aromatic N) is 5. The molecule has 8 heteroatoms. The molecule has 0 saturated heterocycles. The molecule has 0 radical (unpaired) electrons. The third-order valence-corrected chi connectivity index (χ3v) is 11.4. The molecule has 0 aliphatic heterocycles. The highest BCUT2D eigenvalue weighted by Gasteiger charge is 2.43. The van der Waals surface area contributed by atoms with Gasteiger partial charge in [0.1, 0.15) is 17.0 Å². The van der Waals surface area contributed by atoms with Crippen molar-refractivity contribution in [3.05, 3.63) is 29.7 Å². The first-order valence-electron chi connectivity index (χ1n) is 10.6. The SMILES string of the molecule is COc1cc(-c2nnn(C3CC(O[Si](C)(C)C(C)(C)C)C3)c2C)cn2ncc(C)c12. The van der Waals surface area contributed by atoms with Crippen molar-refractivity contribution in [1.29, 1.82) is 0 Å². The fourth-order valence-electron chi connectivity index (χ4n) is 3.90. The lowest BCUT2D eigenvalue weighted by Crippen LogP contribution is -2.48. The molecule has 0 amide bonds. The average molecular weight is 428 g/mol. The van der Waals surface area contributed by atoms with Crippen molar-refractivity contribution in [3.63, 3.8) is 0 Å². The summed E-state index contributed by atoms with van der Waals surface area (Å²) < 4.78 is 16.1. The topological polar surface area (TPSA) is 66.5 Å². The van der Waals surface area contributed by atoms with Gasteiger partial charge in [0.05, 0.1) is 25.0 Å². The van der Waals surface area contributed by atoms with Gasteiger partial charge in [0, 0.05) is 17.9 Å². The van der Waals surface area contributed by atoms with Gasteiger partial charge in [0.2, 0.25) is 0 Å². The number of hydrogen-bond acceptors (Lipinski definition) is 5. The molecule has 3 aromatic rings. The van der Waals surface area contributed by atoms with Crippen molar-refractivity contribution in [2.45, 2.75) is 77.7 Å². The molecule has 0 aromatic carbocycles. The van der Waals surface area contributed by atoms with Gasteiger partial charge in [-0.25, -0.2) is 9.20 Å². The summed E-state index contributed by atoms with van der Waals surface area (Å²) in [4.78, 5) is 0. The Balaban J connectivity index is 1.54. The van der Waals surface area contributed by atoms with E-state index in [1.807, 2.05) is 29.9 Å².